The van der Waals surface area contributed by atoms with Gasteiger partial charge in [-0.2, -0.15) is 0 Å². The first-order valence-corrected chi connectivity index (χ1v) is 10.1. The number of carbonyl (C=O) groups excluding carboxylic acids is 1. The summed E-state index contributed by atoms with van der Waals surface area (Å²) < 4.78 is 5.44. The minimum atomic E-state index is -0.662. The fourth-order valence-electron chi connectivity index (χ4n) is 2.93. The Morgan fingerprint density at radius 1 is 1.10 bits per heavy atom. The number of nitro benzene ring substituents is 1. The summed E-state index contributed by atoms with van der Waals surface area (Å²) in [5.41, 5.74) is 2.50. The molecule has 0 aliphatic heterocycles. The number of nitrogens with one attached hydrogen (secondary N) is 1. The first kappa shape index (κ1) is 20.2. The SMILES string of the molecule is Cc1c(C(=O)Oc2cccc(Nc3nc(-c4ccccn4)cs3)c2)cccc1[N+](=O)[O-]. The highest BCUT2D eigenvalue weighted by atomic mass is 32.1. The van der Waals surface area contributed by atoms with E-state index in [2.05, 4.69) is 15.3 Å². The molecule has 0 saturated heterocycles. The second kappa shape index (κ2) is 8.72. The second-order valence-electron chi connectivity index (χ2n) is 6.50. The van der Waals surface area contributed by atoms with Crippen LogP contribution in [0.15, 0.2) is 72.2 Å². The van der Waals surface area contributed by atoms with Gasteiger partial charge in [-0.1, -0.05) is 18.2 Å². The summed E-state index contributed by atoms with van der Waals surface area (Å²) in [5.74, 6) is -0.354. The van der Waals surface area contributed by atoms with Gasteiger partial charge in [-0.3, -0.25) is 15.1 Å². The molecule has 0 atom stereocenters. The Hall–Kier alpha value is -4.11. The highest BCUT2D eigenvalue weighted by Gasteiger charge is 2.19. The standard InChI is InChI=1S/C22H16N4O4S/c1-14-17(8-5-10-20(14)26(28)29)21(27)30-16-7-4-6-15(12-16)24-22-25-19(13-31-22)18-9-2-3-11-23-18/h2-13H,1H3,(H,24,25). The lowest BCUT2D eigenvalue weighted by Gasteiger charge is -2.09. The van der Waals surface area contributed by atoms with Crippen LogP contribution in [0.5, 0.6) is 5.75 Å². The first-order chi connectivity index (χ1) is 15.0. The van der Waals surface area contributed by atoms with Crippen LogP contribution in [0.1, 0.15) is 15.9 Å². The average Bonchev–Trinajstić information content (AvgIpc) is 3.23. The van der Waals surface area contributed by atoms with Crippen LogP contribution in [0.3, 0.4) is 0 Å². The van der Waals surface area contributed by atoms with Crippen molar-refractivity contribution in [2.24, 2.45) is 0 Å². The Balaban J connectivity index is 1.49. The molecule has 0 fully saturated rings. The number of nitro groups is 1. The molecule has 0 bridgehead atoms. The van der Waals surface area contributed by atoms with E-state index >= 15 is 0 Å². The van der Waals surface area contributed by atoms with Gasteiger partial charge in [0.1, 0.15) is 11.4 Å². The van der Waals surface area contributed by atoms with E-state index in [9.17, 15) is 14.9 Å². The molecule has 0 aliphatic carbocycles. The Kier molecular flexibility index (Phi) is 5.67. The summed E-state index contributed by atoms with van der Waals surface area (Å²) in [5, 5.41) is 16.9. The summed E-state index contributed by atoms with van der Waals surface area (Å²) in [6.45, 7) is 1.52. The minimum absolute atomic E-state index is 0.127. The largest absolute Gasteiger partial charge is 0.423 e. The highest BCUT2D eigenvalue weighted by molar-refractivity contribution is 7.14. The third kappa shape index (κ3) is 4.57. The quantitative estimate of drug-likeness (QED) is 0.188. The lowest BCUT2D eigenvalue weighted by atomic mass is 10.1. The Morgan fingerprint density at radius 2 is 1.94 bits per heavy atom. The zero-order valence-corrected chi connectivity index (χ0v) is 17.1. The normalized spacial score (nSPS) is 10.5. The van der Waals surface area contributed by atoms with Crippen molar-refractivity contribution >= 4 is 33.8 Å². The molecule has 0 aliphatic rings. The topological polar surface area (TPSA) is 107 Å². The van der Waals surface area contributed by atoms with Gasteiger partial charge in [0.2, 0.25) is 0 Å². The number of rotatable bonds is 6. The van der Waals surface area contributed by atoms with E-state index in [0.717, 1.165) is 11.4 Å². The van der Waals surface area contributed by atoms with E-state index in [1.807, 2.05) is 29.6 Å². The second-order valence-corrected chi connectivity index (χ2v) is 7.36. The molecule has 2 aromatic heterocycles. The van der Waals surface area contributed by atoms with E-state index < -0.39 is 10.9 Å². The van der Waals surface area contributed by atoms with Crippen molar-refractivity contribution in [1.82, 2.24) is 9.97 Å². The summed E-state index contributed by atoms with van der Waals surface area (Å²) in [7, 11) is 0. The third-order valence-corrected chi connectivity index (χ3v) is 5.21. The van der Waals surface area contributed by atoms with E-state index in [-0.39, 0.29) is 16.8 Å². The molecular formula is C22H16N4O4S. The van der Waals surface area contributed by atoms with E-state index in [0.29, 0.717) is 16.6 Å². The fourth-order valence-corrected chi connectivity index (χ4v) is 3.65. The molecule has 9 heteroatoms. The van der Waals surface area contributed by atoms with Gasteiger partial charge in [0.15, 0.2) is 5.13 Å². The van der Waals surface area contributed by atoms with Crippen LogP contribution in [0.2, 0.25) is 0 Å². The third-order valence-electron chi connectivity index (χ3n) is 4.45. The smallest absolute Gasteiger partial charge is 0.344 e. The average molecular weight is 432 g/mol. The maximum Gasteiger partial charge on any atom is 0.344 e. The van der Waals surface area contributed by atoms with Crippen molar-refractivity contribution < 1.29 is 14.5 Å². The minimum Gasteiger partial charge on any atom is -0.423 e. The molecule has 154 valence electrons. The van der Waals surface area contributed by atoms with Crippen LogP contribution in [0.25, 0.3) is 11.4 Å². The predicted octanol–water partition coefficient (Wildman–Crippen LogP) is 5.38. The number of thiazole rings is 1. The predicted molar refractivity (Wildman–Crippen MR) is 118 cm³/mol. The van der Waals surface area contributed by atoms with Crippen molar-refractivity contribution in [3.63, 3.8) is 0 Å². The number of carbonyl (C=O) groups is 1. The molecule has 2 heterocycles. The molecule has 0 saturated carbocycles. The first-order valence-electron chi connectivity index (χ1n) is 9.21. The van der Waals surface area contributed by atoms with E-state index in [1.165, 1.54) is 36.5 Å². The molecule has 2 aromatic carbocycles. The molecule has 4 aromatic rings. The van der Waals surface area contributed by atoms with Crippen LogP contribution in [0.4, 0.5) is 16.5 Å². The molecule has 1 N–H and O–H groups in total. The zero-order valence-electron chi connectivity index (χ0n) is 16.3. The molecule has 31 heavy (non-hydrogen) atoms. The lowest BCUT2D eigenvalue weighted by molar-refractivity contribution is -0.385. The lowest BCUT2D eigenvalue weighted by Crippen LogP contribution is -2.11. The van der Waals surface area contributed by atoms with E-state index in [1.54, 1.807) is 24.4 Å². The van der Waals surface area contributed by atoms with Crippen LogP contribution in [-0.2, 0) is 0 Å². The van der Waals surface area contributed by atoms with Crippen LogP contribution < -0.4 is 10.1 Å². The summed E-state index contributed by atoms with van der Waals surface area (Å²) in [6, 6.07) is 16.8. The van der Waals surface area contributed by atoms with Gasteiger partial charge in [-0.05, 0) is 37.3 Å². The number of pyridine rings is 1. The Bertz CT molecular complexity index is 1260. The van der Waals surface area contributed by atoms with Gasteiger partial charge < -0.3 is 10.1 Å². The van der Waals surface area contributed by atoms with E-state index in [4.69, 9.17) is 4.74 Å². The molecular weight excluding hydrogens is 416 g/mol. The van der Waals surface area contributed by atoms with Gasteiger partial charge >= 0.3 is 5.97 Å². The monoisotopic (exact) mass is 432 g/mol. The number of benzene rings is 2. The molecule has 0 amide bonds. The number of hydrogen-bond donors (Lipinski definition) is 1. The van der Waals surface area contributed by atoms with Gasteiger partial charge in [-0.25, -0.2) is 9.78 Å². The molecule has 0 unspecified atom stereocenters. The van der Waals surface area contributed by atoms with Gasteiger partial charge in [0.05, 0.1) is 16.2 Å². The number of hydrogen-bond acceptors (Lipinski definition) is 8. The number of anilines is 2. The van der Waals surface area contributed by atoms with Gasteiger partial charge in [0.25, 0.3) is 5.69 Å². The number of esters is 1. The van der Waals surface area contributed by atoms with Crippen LogP contribution in [0, 0.1) is 17.0 Å². The van der Waals surface area contributed by atoms with Gasteiger partial charge in [0, 0.05) is 35.0 Å². The van der Waals surface area contributed by atoms with Crippen molar-refractivity contribution in [1.29, 1.82) is 0 Å². The molecule has 4 rings (SSSR count). The number of aromatic nitrogens is 2. The Labute approximate surface area is 181 Å². The Morgan fingerprint density at radius 3 is 2.71 bits per heavy atom. The maximum atomic E-state index is 12.6. The van der Waals surface area contributed by atoms with Crippen molar-refractivity contribution in [2.75, 3.05) is 5.32 Å². The van der Waals surface area contributed by atoms with Crippen molar-refractivity contribution in [2.45, 2.75) is 6.92 Å². The number of nitrogens with zero attached hydrogens (tertiary/aromatic N) is 3. The fraction of sp³-hybridized carbons (Fsp3) is 0.0455. The molecule has 0 spiro atoms. The highest BCUT2D eigenvalue weighted by Crippen LogP contribution is 2.28. The maximum absolute atomic E-state index is 12.6. The number of ether oxygens (including phenoxy) is 1. The van der Waals surface area contributed by atoms with Crippen molar-refractivity contribution in [3.05, 3.63) is 93.5 Å². The summed E-state index contributed by atoms with van der Waals surface area (Å²) in [6.07, 6.45) is 1.71. The molecule has 8 nitrogen and oxygen atoms in total. The summed E-state index contributed by atoms with van der Waals surface area (Å²) in [4.78, 5) is 31.9. The van der Waals surface area contributed by atoms with Crippen LogP contribution in [-0.4, -0.2) is 20.9 Å². The van der Waals surface area contributed by atoms with Gasteiger partial charge in [-0.15, -0.1) is 11.3 Å². The van der Waals surface area contributed by atoms with Crippen molar-refractivity contribution in [3.8, 4) is 17.1 Å². The zero-order chi connectivity index (χ0) is 21.8. The summed E-state index contributed by atoms with van der Waals surface area (Å²) >= 11 is 1.43. The van der Waals surface area contributed by atoms with Crippen LogP contribution >= 0.6 is 11.3 Å². The molecule has 0 radical (unpaired) electrons.